The third kappa shape index (κ3) is 4.60. The number of nitrogens with zero attached hydrogens (tertiary/aromatic N) is 3. The molecule has 1 amide bonds. The number of rotatable bonds is 7. The zero-order valence-electron chi connectivity index (χ0n) is 17.7. The second kappa shape index (κ2) is 9.87. The summed E-state index contributed by atoms with van der Waals surface area (Å²) >= 11 is 15.2. The number of aromatic nitrogens is 2. The lowest BCUT2D eigenvalue weighted by Crippen LogP contribution is -2.31. The van der Waals surface area contributed by atoms with Gasteiger partial charge >= 0.3 is 0 Å². The minimum atomic E-state index is -1.05. The predicted molar refractivity (Wildman–Crippen MR) is 135 cm³/mol. The number of aliphatic hydroxyl groups is 1. The summed E-state index contributed by atoms with van der Waals surface area (Å²) < 4.78 is 5.86. The molecular weight excluding hydrogens is 529 g/mol. The Hall–Kier alpha value is -3.11. The van der Waals surface area contributed by atoms with Gasteiger partial charge < -0.3 is 9.52 Å². The first-order valence-corrected chi connectivity index (χ1v) is 12.8. The van der Waals surface area contributed by atoms with Crippen LogP contribution in [0.1, 0.15) is 27.7 Å². The highest BCUT2D eigenvalue weighted by Crippen LogP contribution is 2.46. The first-order valence-electron chi connectivity index (χ1n) is 10.2. The first-order chi connectivity index (χ1) is 16.9. The summed E-state index contributed by atoms with van der Waals surface area (Å²) in [6.07, 6.45) is 1.34. The van der Waals surface area contributed by atoms with Gasteiger partial charge in [-0.2, -0.15) is 0 Å². The summed E-state index contributed by atoms with van der Waals surface area (Å²) in [5, 5.41) is 20.0. The summed E-state index contributed by atoms with van der Waals surface area (Å²) in [6.45, 7) is 0. The molecule has 176 valence electrons. The largest absolute Gasteiger partial charge is 0.503 e. The van der Waals surface area contributed by atoms with E-state index in [2.05, 4.69) is 10.2 Å². The lowest BCUT2D eigenvalue weighted by atomic mass is 9.95. The molecule has 1 aliphatic heterocycles. The number of anilines is 1. The number of hydrogen-bond acceptors (Lipinski definition) is 8. The summed E-state index contributed by atoms with van der Waals surface area (Å²) in [4.78, 5) is 27.7. The smallest absolute Gasteiger partial charge is 0.296 e. The average molecular weight is 544 g/mol. The van der Waals surface area contributed by atoms with Crippen LogP contribution in [0.2, 0.25) is 10.0 Å². The zero-order chi connectivity index (χ0) is 24.5. The Morgan fingerprint density at radius 3 is 2.63 bits per heavy atom. The molecule has 2 aromatic heterocycles. The summed E-state index contributed by atoms with van der Waals surface area (Å²) in [6, 6.07) is 16.5. The van der Waals surface area contributed by atoms with Crippen LogP contribution in [0.5, 0.6) is 0 Å². The number of carbonyl (C=O) groups is 2. The van der Waals surface area contributed by atoms with E-state index in [1.54, 1.807) is 18.2 Å². The molecule has 4 aromatic rings. The molecule has 7 nitrogen and oxygen atoms in total. The molecule has 35 heavy (non-hydrogen) atoms. The van der Waals surface area contributed by atoms with Gasteiger partial charge in [-0.15, -0.1) is 10.2 Å². The van der Waals surface area contributed by atoms with Crippen molar-refractivity contribution in [2.24, 2.45) is 0 Å². The maximum absolute atomic E-state index is 13.3. The zero-order valence-corrected chi connectivity index (χ0v) is 20.9. The van der Waals surface area contributed by atoms with Crippen LogP contribution in [0.15, 0.2) is 87.0 Å². The molecule has 0 saturated carbocycles. The van der Waals surface area contributed by atoms with E-state index in [0.29, 0.717) is 20.7 Å². The molecule has 1 unspecified atom stereocenters. The van der Waals surface area contributed by atoms with Gasteiger partial charge in [-0.05, 0) is 35.4 Å². The monoisotopic (exact) mass is 543 g/mol. The van der Waals surface area contributed by atoms with Crippen LogP contribution < -0.4 is 4.90 Å². The number of halogens is 2. The van der Waals surface area contributed by atoms with Gasteiger partial charge in [0.25, 0.3) is 5.91 Å². The molecule has 0 spiro atoms. The van der Waals surface area contributed by atoms with Gasteiger partial charge in [0, 0.05) is 15.8 Å². The molecule has 1 atom stereocenters. The molecule has 0 fully saturated rings. The summed E-state index contributed by atoms with van der Waals surface area (Å²) in [5.74, 6) is -1.47. The summed E-state index contributed by atoms with van der Waals surface area (Å²) in [5.41, 5.74) is 1.35. The van der Waals surface area contributed by atoms with Crippen molar-refractivity contribution < 1.29 is 19.1 Å². The molecule has 2 aromatic carbocycles. The lowest BCUT2D eigenvalue weighted by Gasteiger charge is -2.24. The lowest BCUT2D eigenvalue weighted by molar-refractivity contribution is -0.117. The molecule has 0 saturated heterocycles. The molecule has 3 heterocycles. The van der Waals surface area contributed by atoms with Gasteiger partial charge in [-0.25, -0.2) is 0 Å². The second-order valence-corrected chi connectivity index (χ2v) is 10.5. The van der Waals surface area contributed by atoms with Crippen molar-refractivity contribution in [1.82, 2.24) is 10.2 Å². The fourth-order valence-electron chi connectivity index (χ4n) is 3.67. The Bertz CT molecular complexity index is 1440. The minimum Gasteiger partial charge on any atom is -0.503 e. The van der Waals surface area contributed by atoms with Gasteiger partial charge in [0.1, 0.15) is 0 Å². The highest BCUT2D eigenvalue weighted by Gasteiger charge is 2.47. The molecule has 11 heteroatoms. The van der Waals surface area contributed by atoms with Gasteiger partial charge in [0.15, 0.2) is 15.9 Å². The molecule has 0 bridgehead atoms. The van der Waals surface area contributed by atoms with Crippen LogP contribution in [0.3, 0.4) is 0 Å². The van der Waals surface area contributed by atoms with Crippen molar-refractivity contribution in [1.29, 1.82) is 0 Å². The number of thioether (sulfide) groups is 1. The number of Topliss-reactive ketones (excluding diaryl/α,β-unsaturated/α-hetero) is 1. The Labute approximate surface area is 218 Å². The highest BCUT2D eigenvalue weighted by atomic mass is 35.5. The van der Waals surface area contributed by atoms with Crippen molar-refractivity contribution in [2.75, 3.05) is 4.90 Å². The molecular formula is C24H15Cl2N3O4S2. The van der Waals surface area contributed by atoms with Crippen molar-refractivity contribution in [2.45, 2.75) is 16.1 Å². The number of carbonyl (C=O) groups excluding carboxylic acids is 2. The maximum Gasteiger partial charge on any atom is 0.296 e. The quantitative estimate of drug-likeness (QED) is 0.161. The fraction of sp³-hybridized carbons (Fsp3) is 0.0833. The molecule has 0 radical (unpaired) electrons. The normalized spacial score (nSPS) is 15.8. The SMILES string of the molecule is O=C(C1=C(O)C(=O)N(c2nnc(SCc3ccccc3)s2)C1c1ccc(Cl)cc1Cl)c1ccco1. The van der Waals surface area contributed by atoms with E-state index >= 15 is 0 Å². The number of ketones is 1. The van der Waals surface area contributed by atoms with E-state index in [4.69, 9.17) is 27.6 Å². The molecule has 0 aliphatic carbocycles. The van der Waals surface area contributed by atoms with Crippen LogP contribution in [-0.2, 0) is 10.5 Å². The molecule has 1 aliphatic rings. The van der Waals surface area contributed by atoms with Crippen LogP contribution >= 0.6 is 46.3 Å². The van der Waals surface area contributed by atoms with Gasteiger partial charge in [0.05, 0.1) is 17.9 Å². The molecule has 5 rings (SSSR count). The van der Waals surface area contributed by atoms with E-state index in [-0.39, 0.29) is 21.5 Å². The predicted octanol–water partition coefficient (Wildman–Crippen LogP) is 6.51. The third-order valence-electron chi connectivity index (χ3n) is 5.26. The minimum absolute atomic E-state index is 0.0207. The van der Waals surface area contributed by atoms with E-state index in [0.717, 1.165) is 5.56 Å². The van der Waals surface area contributed by atoms with Crippen molar-refractivity contribution >= 4 is 63.1 Å². The van der Waals surface area contributed by atoms with Gasteiger partial charge in [-0.3, -0.25) is 14.5 Å². The fourth-order valence-corrected chi connectivity index (χ4v) is 6.01. The van der Waals surface area contributed by atoms with Crippen LogP contribution in [0.25, 0.3) is 0 Å². The molecule has 1 N–H and O–H groups in total. The Balaban J connectivity index is 1.53. The van der Waals surface area contributed by atoms with Gasteiger partial charge in [-0.1, -0.05) is 82.7 Å². The number of aliphatic hydroxyl groups excluding tert-OH is 1. The Morgan fingerprint density at radius 1 is 1.11 bits per heavy atom. The van der Waals surface area contributed by atoms with Crippen molar-refractivity contribution in [3.05, 3.63) is 105 Å². The maximum atomic E-state index is 13.3. The van der Waals surface area contributed by atoms with Crippen molar-refractivity contribution in [3.8, 4) is 0 Å². The van der Waals surface area contributed by atoms with E-state index < -0.39 is 23.5 Å². The van der Waals surface area contributed by atoms with Gasteiger partial charge in [0.2, 0.25) is 10.9 Å². The Morgan fingerprint density at radius 2 is 1.91 bits per heavy atom. The topological polar surface area (TPSA) is 96.5 Å². The standard InChI is InChI=1S/C24H15Cl2N3O4S2/c25-14-8-9-15(16(26)11-14)19-18(20(30)17-7-4-10-33-17)21(31)22(32)29(19)23-27-28-24(35-23)34-12-13-5-2-1-3-6-13/h1-11,19,31H,12H2. The van der Waals surface area contributed by atoms with E-state index in [1.807, 2.05) is 30.3 Å². The number of furan rings is 1. The van der Waals surface area contributed by atoms with Crippen LogP contribution in [-0.4, -0.2) is 27.0 Å². The third-order valence-corrected chi connectivity index (χ3v) is 7.95. The van der Waals surface area contributed by atoms with E-state index in [9.17, 15) is 14.7 Å². The summed E-state index contributed by atoms with van der Waals surface area (Å²) in [7, 11) is 0. The van der Waals surface area contributed by atoms with Crippen LogP contribution in [0, 0.1) is 0 Å². The average Bonchev–Trinajstić information content (AvgIpc) is 3.59. The van der Waals surface area contributed by atoms with Crippen LogP contribution in [0.4, 0.5) is 5.13 Å². The Kier molecular flexibility index (Phi) is 6.66. The first kappa shape index (κ1) is 23.6. The number of benzene rings is 2. The number of hydrogen-bond donors (Lipinski definition) is 1. The second-order valence-electron chi connectivity index (χ2n) is 7.44. The van der Waals surface area contributed by atoms with Crippen molar-refractivity contribution in [3.63, 3.8) is 0 Å². The number of amides is 1. The van der Waals surface area contributed by atoms with E-state index in [1.165, 1.54) is 46.4 Å². The highest BCUT2D eigenvalue weighted by molar-refractivity contribution is 8.00.